The van der Waals surface area contributed by atoms with Crippen LogP contribution in [0.15, 0.2) is 30.3 Å². The lowest BCUT2D eigenvalue weighted by atomic mass is 10.0. The van der Waals surface area contributed by atoms with Gasteiger partial charge in [-0.3, -0.25) is 9.59 Å². The molecule has 0 bridgehead atoms. The van der Waals surface area contributed by atoms with Gasteiger partial charge in [-0.1, -0.05) is 30.3 Å². The molecule has 0 radical (unpaired) electrons. The van der Waals surface area contributed by atoms with Crippen LogP contribution in [-0.2, 0) is 9.59 Å². The smallest absolute Gasteiger partial charge is 0.305 e. The van der Waals surface area contributed by atoms with Crippen LogP contribution >= 0.6 is 0 Å². The van der Waals surface area contributed by atoms with E-state index in [1.165, 1.54) is 0 Å². The van der Waals surface area contributed by atoms with Gasteiger partial charge in [-0.05, 0) is 24.9 Å². The predicted octanol–water partition coefficient (Wildman–Crippen LogP) is 1.46. The lowest BCUT2D eigenvalue weighted by Gasteiger charge is -2.19. The van der Waals surface area contributed by atoms with Gasteiger partial charge >= 0.3 is 5.97 Å². The Balaban J connectivity index is 1.96. The standard InChI is InChI=1S/C15H20N2O3/c18-14(9-12-7-4-8-16-12)17-13(10-15(19)20)11-5-2-1-3-6-11/h1-3,5-6,12-13,16H,4,7-10H2,(H,17,18)(H,19,20). The van der Waals surface area contributed by atoms with Crippen molar-refractivity contribution < 1.29 is 14.7 Å². The Kier molecular flexibility index (Phi) is 5.12. The van der Waals surface area contributed by atoms with Crippen molar-refractivity contribution in [3.8, 4) is 0 Å². The molecule has 5 heteroatoms. The topological polar surface area (TPSA) is 78.4 Å². The Morgan fingerprint density at radius 3 is 2.70 bits per heavy atom. The van der Waals surface area contributed by atoms with Gasteiger partial charge in [-0.2, -0.15) is 0 Å². The molecule has 5 nitrogen and oxygen atoms in total. The number of carbonyl (C=O) groups is 2. The van der Waals surface area contributed by atoms with E-state index < -0.39 is 12.0 Å². The molecular weight excluding hydrogens is 256 g/mol. The van der Waals surface area contributed by atoms with Gasteiger partial charge in [0.25, 0.3) is 0 Å². The van der Waals surface area contributed by atoms with Crippen LogP contribution in [0, 0.1) is 0 Å². The fourth-order valence-electron chi connectivity index (χ4n) is 2.52. The van der Waals surface area contributed by atoms with Crippen LogP contribution in [-0.4, -0.2) is 29.6 Å². The van der Waals surface area contributed by atoms with Crippen LogP contribution in [0.2, 0.25) is 0 Å². The number of aliphatic carboxylic acids is 1. The minimum Gasteiger partial charge on any atom is -0.481 e. The van der Waals surface area contributed by atoms with Crippen LogP contribution in [0.3, 0.4) is 0 Å². The average Bonchev–Trinajstić information content (AvgIpc) is 2.91. The molecule has 108 valence electrons. The number of amides is 1. The van der Waals surface area contributed by atoms with E-state index in [0.717, 1.165) is 24.9 Å². The zero-order valence-corrected chi connectivity index (χ0v) is 11.3. The lowest BCUT2D eigenvalue weighted by Crippen LogP contribution is -2.35. The molecule has 2 atom stereocenters. The molecule has 0 spiro atoms. The molecule has 2 unspecified atom stereocenters. The molecule has 1 aromatic rings. The SMILES string of the molecule is O=C(O)CC(NC(=O)CC1CCCN1)c1ccccc1. The zero-order chi connectivity index (χ0) is 14.4. The van der Waals surface area contributed by atoms with Gasteiger partial charge in [-0.15, -0.1) is 0 Å². The highest BCUT2D eigenvalue weighted by molar-refractivity contribution is 5.78. The molecular formula is C15H20N2O3. The molecule has 1 fully saturated rings. The molecule has 0 saturated carbocycles. The second-order valence-electron chi connectivity index (χ2n) is 5.13. The third kappa shape index (κ3) is 4.35. The summed E-state index contributed by atoms with van der Waals surface area (Å²) in [6.07, 6.45) is 2.40. The van der Waals surface area contributed by atoms with E-state index in [0.29, 0.717) is 6.42 Å². The van der Waals surface area contributed by atoms with Gasteiger partial charge in [-0.25, -0.2) is 0 Å². The maximum absolute atomic E-state index is 12.0. The molecule has 1 heterocycles. The number of carboxylic acid groups (broad SMARTS) is 1. The summed E-state index contributed by atoms with van der Waals surface area (Å²) in [6.45, 7) is 0.954. The van der Waals surface area contributed by atoms with E-state index in [1.54, 1.807) is 0 Å². The fraction of sp³-hybridized carbons (Fsp3) is 0.467. The molecule has 0 aromatic heterocycles. The Hall–Kier alpha value is -1.88. The minimum atomic E-state index is -0.918. The Morgan fingerprint density at radius 1 is 1.35 bits per heavy atom. The van der Waals surface area contributed by atoms with Crippen molar-refractivity contribution in [3.05, 3.63) is 35.9 Å². The van der Waals surface area contributed by atoms with E-state index in [-0.39, 0.29) is 18.4 Å². The number of rotatable bonds is 6. The maximum atomic E-state index is 12.0. The highest BCUT2D eigenvalue weighted by Crippen LogP contribution is 2.17. The van der Waals surface area contributed by atoms with Crippen LogP contribution < -0.4 is 10.6 Å². The molecule has 1 amide bonds. The van der Waals surface area contributed by atoms with Gasteiger partial charge in [0.2, 0.25) is 5.91 Å². The summed E-state index contributed by atoms with van der Waals surface area (Å²) in [5, 5.41) is 15.1. The summed E-state index contributed by atoms with van der Waals surface area (Å²) in [6, 6.07) is 8.97. The molecule has 1 aromatic carbocycles. The summed E-state index contributed by atoms with van der Waals surface area (Å²) in [4.78, 5) is 23.0. The number of hydrogen-bond acceptors (Lipinski definition) is 3. The zero-order valence-electron chi connectivity index (χ0n) is 11.3. The first-order valence-corrected chi connectivity index (χ1v) is 6.94. The number of carbonyl (C=O) groups excluding carboxylic acids is 1. The van der Waals surface area contributed by atoms with Crippen molar-refractivity contribution in [3.63, 3.8) is 0 Å². The van der Waals surface area contributed by atoms with Crippen molar-refractivity contribution in [2.24, 2.45) is 0 Å². The van der Waals surface area contributed by atoms with Crippen molar-refractivity contribution in [1.82, 2.24) is 10.6 Å². The Morgan fingerprint density at radius 2 is 2.10 bits per heavy atom. The number of benzene rings is 1. The quantitative estimate of drug-likeness (QED) is 0.735. The van der Waals surface area contributed by atoms with E-state index in [9.17, 15) is 9.59 Å². The van der Waals surface area contributed by atoms with Gasteiger partial charge < -0.3 is 15.7 Å². The predicted molar refractivity (Wildman–Crippen MR) is 75.2 cm³/mol. The third-order valence-corrected chi connectivity index (χ3v) is 3.51. The van der Waals surface area contributed by atoms with Crippen molar-refractivity contribution in [2.45, 2.75) is 37.8 Å². The highest BCUT2D eigenvalue weighted by atomic mass is 16.4. The van der Waals surface area contributed by atoms with Crippen LogP contribution in [0.4, 0.5) is 0 Å². The van der Waals surface area contributed by atoms with Gasteiger partial charge in [0, 0.05) is 12.5 Å². The third-order valence-electron chi connectivity index (χ3n) is 3.51. The van der Waals surface area contributed by atoms with E-state index >= 15 is 0 Å². The second kappa shape index (κ2) is 7.05. The minimum absolute atomic E-state index is 0.0977. The first-order valence-electron chi connectivity index (χ1n) is 6.94. The average molecular weight is 276 g/mol. The molecule has 3 N–H and O–H groups in total. The van der Waals surface area contributed by atoms with Crippen LogP contribution in [0.1, 0.15) is 37.3 Å². The summed E-state index contributed by atoms with van der Waals surface area (Å²) in [5.41, 5.74) is 0.822. The van der Waals surface area contributed by atoms with Gasteiger partial charge in [0.15, 0.2) is 0 Å². The number of nitrogens with one attached hydrogen (secondary N) is 2. The first kappa shape index (κ1) is 14.5. The molecule has 20 heavy (non-hydrogen) atoms. The molecule has 0 aliphatic carbocycles. The van der Waals surface area contributed by atoms with E-state index in [4.69, 9.17) is 5.11 Å². The van der Waals surface area contributed by atoms with Crippen LogP contribution in [0.5, 0.6) is 0 Å². The molecule has 1 saturated heterocycles. The van der Waals surface area contributed by atoms with Gasteiger partial charge in [0.05, 0.1) is 12.5 Å². The molecule has 1 aliphatic heterocycles. The van der Waals surface area contributed by atoms with Crippen molar-refractivity contribution in [2.75, 3.05) is 6.54 Å². The maximum Gasteiger partial charge on any atom is 0.305 e. The number of carboxylic acids is 1. The Labute approximate surface area is 118 Å². The highest BCUT2D eigenvalue weighted by Gasteiger charge is 2.21. The van der Waals surface area contributed by atoms with Crippen LogP contribution in [0.25, 0.3) is 0 Å². The van der Waals surface area contributed by atoms with Crippen molar-refractivity contribution >= 4 is 11.9 Å². The van der Waals surface area contributed by atoms with E-state index in [2.05, 4.69) is 10.6 Å². The summed E-state index contributed by atoms with van der Waals surface area (Å²) in [5.74, 6) is -1.02. The summed E-state index contributed by atoms with van der Waals surface area (Å²) < 4.78 is 0. The first-order chi connectivity index (χ1) is 9.65. The summed E-state index contributed by atoms with van der Waals surface area (Å²) >= 11 is 0. The largest absolute Gasteiger partial charge is 0.481 e. The van der Waals surface area contributed by atoms with Gasteiger partial charge in [0.1, 0.15) is 0 Å². The normalized spacial score (nSPS) is 19.5. The summed E-state index contributed by atoms with van der Waals surface area (Å²) in [7, 11) is 0. The lowest BCUT2D eigenvalue weighted by molar-refractivity contribution is -0.137. The fourth-order valence-corrected chi connectivity index (χ4v) is 2.52. The molecule has 1 aliphatic rings. The van der Waals surface area contributed by atoms with Crippen molar-refractivity contribution in [1.29, 1.82) is 0 Å². The molecule has 2 rings (SSSR count). The number of hydrogen-bond donors (Lipinski definition) is 3. The van der Waals surface area contributed by atoms with E-state index in [1.807, 2.05) is 30.3 Å². The Bertz CT molecular complexity index is 455. The monoisotopic (exact) mass is 276 g/mol. The second-order valence-corrected chi connectivity index (χ2v) is 5.13.